The zero-order valence-electron chi connectivity index (χ0n) is 11.1. The molecule has 0 aromatic heterocycles. The fourth-order valence-electron chi connectivity index (χ4n) is 1.77. The summed E-state index contributed by atoms with van der Waals surface area (Å²) in [5.74, 6) is -0.345. The van der Waals surface area contributed by atoms with E-state index in [-0.39, 0.29) is 12.2 Å². The van der Waals surface area contributed by atoms with Crippen molar-refractivity contribution < 1.29 is 19.4 Å². The summed E-state index contributed by atoms with van der Waals surface area (Å²) < 4.78 is 10.7. The predicted molar refractivity (Wildman–Crippen MR) is 78.1 cm³/mol. The lowest BCUT2D eigenvalue weighted by molar-refractivity contribution is -0.255. The van der Waals surface area contributed by atoms with Crippen molar-refractivity contribution in [1.82, 2.24) is 0 Å². The molecule has 0 unspecified atom stereocenters. The molecule has 0 aliphatic rings. The minimum Gasteiger partial charge on any atom is -0.545 e. The number of methoxy groups -OCH3 is 1. The van der Waals surface area contributed by atoms with Crippen LogP contribution in [-0.4, -0.2) is 13.1 Å². The van der Waals surface area contributed by atoms with Crippen molar-refractivity contribution in [2.24, 2.45) is 0 Å². The molecule has 0 saturated carbocycles. The third kappa shape index (κ3) is 3.60. The molecule has 2 rings (SSSR count). The van der Waals surface area contributed by atoms with Gasteiger partial charge in [0.2, 0.25) is 0 Å². The summed E-state index contributed by atoms with van der Waals surface area (Å²) in [5, 5.41) is 11.6. The van der Waals surface area contributed by atoms with Crippen LogP contribution >= 0.6 is 23.2 Å². The molecule has 0 bridgehead atoms. The molecular formula is C15H11Cl2O4-. The summed E-state index contributed by atoms with van der Waals surface area (Å²) in [6.45, 7) is 0.0877. The number of carbonyl (C=O) groups excluding carboxylic acids is 1. The van der Waals surface area contributed by atoms with Crippen LogP contribution in [0.15, 0.2) is 36.4 Å². The van der Waals surface area contributed by atoms with E-state index in [1.54, 1.807) is 24.3 Å². The van der Waals surface area contributed by atoms with Crippen molar-refractivity contribution in [3.8, 4) is 11.5 Å². The number of carboxylic acids is 1. The van der Waals surface area contributed by atoms with Crippen molar-refractivity contribution in [1.29, 1.82) is 0 Å². The van der Waals surface area contributed by atoms with Crippen LogP contribution < -0.4 is 14.6 Å². The molecule has 0 saturated heterocycles. The molecule has 0 atom stereocenters. The van der Waals surface area contributed by atoms with E-state index in [1.165, 1.54) is 19.2 Å². The fourth-order valence-corrected chi connectivity index (χ4v) is 2.12. The number of ether oxygens (including phenoxy) is 2. The summed E-state index contributed by atoms with van der Waals surface area (Å²) >= 11 is 11.9. The van der Waals surface area contributed by atoms with Crippen LogP contribution in [0.4, 0.5) is 0 Å². The zero-order valence-corrected chi connectivity index (χ0v) is 12.6. The van der Waals surface area contributed by atoms with Crippen molar-refractivity contribution in [2.75, 3.05) is 7.11 Å². The van der Waals surface area contributed by atoms with Crippen LogP contribution in [0, 0.1) is 0 Å². The molecule has 0 radical (unpaired) electrons. The van der Waals surface area contributed by atoms with E-state index in [0.717, 1.165) is 0 Å². The predicted octanol–water partition coefficient (Wildman–Crippen LogP) is 2.94. The largest absolute Gasteiger partial charge is 0.545 e. The number of halogens is 2. The second-order valence-electron chi connectivity index (χ2n) is 4.15. The SMILES string of the molecule is COc1ccc(C(=O)[O-])cc1COc1cccc(Cl)c1Cl. The van der Waals surface area contributed by atoms with Crippen LogP contribution in [0.3, 0.4) is 0 Å². The number of benzene rings is 2. The van der Waals surface area contributed by atoms with Gasteiger partial charge in [-0.2, -0.15) is 0 Å². The van der Waals surface area contributed by atoms with Crippen LogP contribution in [0.25, 0.3) is 0 Å². The van der Waals surface area contributed by atoms with E-state index < -0.39 is 5.97 Å². The van der Waals surface area contributed by atoms with E-state index >= 15 is 0 Å². The van der Waals surface area contributed by atoms with Gasteiger partial charge in [-0.15, -0.1) is 0 Å². The molecule has 0 aliphatic heterocycles. The van der Waals surface area contributed by atoms with Gasteiger partial charge in [-0.25, -0.2) is 0 Å². The molecule has 4 nitrogen and oxygen atoms in total. The fraction of sp³-hybridized carbons (Fsp3) is 0.133. The van der Waals surface area contributed by atoms with Crippen molar-refractivity contribution in [2.45, 2.75) is 6.61 Å². The summed E-state index contributed by atoms with van der Waals surface area (Å²) in [7, 11) is 1.49. The Hall–Kier alpha value is -1.91. The number of rotatable bonds is 5. The number of hydrogen-bond donors (Lipinski definition) is 0. The van der Waals surface area contributed by atoms with Crippen LogP contribution in [0.2, 0.25) is 10.0 Å². The lowest BCUT2D eigenvalue weighted by atomic mass is 10.1. The molecule has 0 heterocycles. The highest BCUT2D eigenvalue weighted by Gasteiger charge is 2.09. The monoisotopic (exact) mass is 325 g/mol. The van der Waals surface area contributed by atoms with Gasteiger partial charge in [0.05, 0.1) is 18.1 Å². The first-order valence-electron chi connectivity index (χ1n) is 5.98. The number of carbonyl (C=O) groups is 1. The third-order valence-electron chi connectivity index (χ3n) is 2.82. The van der Waals surface area contributed by atoms with Gasteiger partial charge in [0.1, 0.15) is 23.1 Å². The summed E-state index contributed by atoms with van der Waals surface area (Å²) in [4.78, 5) is 10.9. The number of carboxylic acid groups (broad SMARTS) is 1. The molecule has 0 aliphatic carbocycles. The maximum absolute atomic E-state index is 10.9. The van der Waals surface area contributed by atoms with Crippen LogP contribution in [-0.2, 0) is 6.61 Å². The van der Waals surface area contributed by atoms with Gasteiger partial charge in [-0.05, 0) is 35.9 Å². The van der Waals surface area contributed by atoms with Crippen LogP contribution in [0.5, 0.6) is 11.5 Å². The van der Waals surface area contributed by atoms with Crippen molar-refractivity contribution >= 4 is 29.2 Å². The molecule has 0 amide bonds. The Morgan fingerprint density at radius 1 is 1.19 bits per heavy atom. The number of hydrogen-bond acceptors (Lipinski definition) is 4. The summed E-state index contributed by atoms with van der Waals surface area (Å²) in [5.41, 5.74) is 0.613. The molecule has 0 N–H and O–H groups in total. The van der Waals surface area contributed by atoms with E-state index in [9.17, 15) is 9.90 Å². The van der Waals surface area contributed by atoms with E-state index in [2.05, 4.69) is 0 Å². The highest BCUT2D eigenvalue weighted by atomic mass is 35.5. The average molecular weight is 326 g/mol. The lowest BCUT2D eigenvalue weighted by Gasteiger charge is -2.13. The minimum absolute atomic E-state index is 0.0478. The third-order valence-corrected chi connectivity index (χ3v) is 3.62. The first-order valence-corrected chi connectivity index (χ1v) is 6.73. The van der Waals surface area contributed by atoms with Gasteiger partial charge >= 0.3 is 0 Å². The number of aromatic carboxylic acids is 1. The zero-order chi connectivity index (χ0) is 15.4. The maximum Gasteiger partial charge on any atom is 0.139 e. The molecule has 21 heavy (non-hydrogen) atoms. The molecular weight excluding hydrogens is 315 g/mol. The first kappa shape index (κ1) is 15.5. The smallest absolute Gasteiger partial charge is 0.139 e. The van der Waals surface area contributed by atoms with E-state index in [4.69, 9.17) is 32.7 Å². The standard InChI is InChI=1S/C15H12Cl2O4/c1-20-12-6-5-9(15(18)19)7-10(12)8-21-13-4-2-3-11(16)14(13)17/h2-7H,8H2,1H3,(H,18,19)/p-1. The van der Waals surface area contributed by atoms with Crippen LogP contribution in [0.1, 0.15) is 15.9 Å². The summed E-state index contributed by atoms with van der Waals surface area (Å²) in [6, 6.07) is 9.41. The highest BCUT2D eigenvalue weighted by Crippen LogP contribution is 2.32. The Morgan fingerprint density at radius 2 is 1.95 bits per heavy atom. The quantitative estimate of drug-likeness (QED) is 0.848. The normalized spacial score (nSPS) is 10.2. The Balaban J connectivity index is 2.24. The molecule has 110 valence electrons. The second kappa shape index (κ2) is 6.70. The topological polar surface area (TPSA) is 58.6 Å². The Kier molecular flexibility index (Phi) is 4.94. The Labute approximate surface area is 131 Å². The Morgan fingerprint density at radius 3 is 2.62 bits per heavy atom. The molecule has 0 fully saturated rings. The van der Waals surface area contributed by atoms with Gasteiger partial charge in [0.15, 0.2) is 0 Å². The Bertz CT molecular complexity index is 671. The van der Waals surface area contributed by atoms with Crippen molar-refractivity contribution in [3.05, 3.63) is 57.6 Å². The van der Waals surface area contributed by atoms with Crippen molar-refractivity contribution in [3.63, 3.8) is 0 Å². The molecule has 6 heteroatoms. The summed E-state index contributed by atoms with van der Waals surface area (Å²) in [6.07, 6.45) is 0. The van der Waals surface area contributed by atoms with Gasteiger partial charge in [-0.3, -0.25) is 0 Å². The maximum atomic E-state index is 10.9. The van der Waals surface area contributed by atoms with Gasteiger partial charge < -0.3 is 19.4 Å². The van der Waals surface area contributed by atoms with Gasteiger partial charge in [0, 0.05) is 5.56 Å². The minimum atomic E-state index is -1.26. The van der Waals surface area contributed by atoms with E-state index in [1.807, 2.05) is 0 Å². The lowest BCUT2D eigenvalue weighted by Crippen LogP contribution is -2.22. The highest BCUT2D eigenvalue weighted by molar-refractivity contribution is 6.42. The van der Waals surface area contributed by atoms with Gasteiger partial charge in [0.25, 0.3) is 0 Å². The molecule has 2 aromatic rings. The second-order valence-corrected chi connectivity index (χ2v) is 4.94. The van der Waals surface area contributed by atoms with E-state index in [0.29, 0.717) is 27.1 Å². The molecule has 0 spiro atoms. The molecule has 2 aromatic carbocycles. The van der Waals surface area contributed by atoms with Gasteiger partial charge in [-0.1, -0.05) is 29.3 Å². The first-order chi connectivity index (χ1) is 10.0. The average Bonchev–Trinajstić information content (AvgIpc) is 2.48.